The van der Waals surface area contributed by atoms with Crippen molar-refractivity contribution >= 4 is 34.0 Å². The molecular weight excluding hydrogens is 310 g/mol. The van der Waals surface area contributed by atoms with Crippen molar-refractivity contribution in [3.8, 4) is 0 Å². The van der Waals surface area contributed by atoms with Crippen LogP contribution in [0.4, 0.5) is 13.9 Å². The predicted octanol–water partition coefficient (Wildman–Crippen LogP) is 3.44. The number of nitrogens with one attached hydrogen (secondary N) is 1. The molecule has 0 radical (unpaired) electrons. The summed E-state index contributed by atoms with van der Waals surface area (Å²) in [7, 11) is 0. The van der Waals surface area contributed by atoms with E-state index in [-0.39, 0.29) is 5.02 Å². The largest absolute Gasteiger partial charge is 0.300 e. The first kappa shape index (κ1) is 14.9. The Balaban J connectivity index is 2.22. The van der Waals surface area contributed by atoms with Crippen LogP contribution in [0.25, 0.3) is 0 Å². The average Bonchev–Trinajstić information content (AvgIpc) is 2.99. The first-order valence-corrected chi connectivity index (χ1v) is 6.90. The number of hydrogen-bond acceptors (Lipinski definition) is 4. The number of carbonyl (C=O) groups is 1. The third kappa shape index (κ3) is 2.80. The van der Waals surface area contributed by atoms with E-state index in [4.69, 9.17) is 11.6 Å². The van der Waals surface area contributed by atoms with Crippen molar-refractivity contribution < 1.29 is 13.6 Å². The molecule has 0 aromatic carbocycles. The summed E-state index contributed by atoms with van der Waals surface area (Å²) < 4.78 is 26.6. The topological polar surface area (TPSA) is 59.8 Å². The number of thiazole rings is 1. The molecule has 5 nitrogen and oxygen atoms in total. The van der Waals surface area contributed by atoms with Crippen LogP contribution in [0.5, 0.6) is 0 Å². The zero-order valence-electron chi connectivity index (χ0n) is 10.6. The maximum absolute atomic E-state index is 12.7. The molecule has 9 heteroatoms. The van der Waals surface area contributed by atoms with E-state index in [1.807, 2.05) is 0 Å². The van der Waals surface area contributed by atoms with E-state index >= 15 is 0 Å². The molecule has 2 rings (SSSR count). The van der Waals surface area contributed by atoms with Gasteiger partial charge in [0.2, 0.25) is 0 Å². The normalized spacial score (nSPS) is 12.7. The van der Waals surface area contributed by atoms with Crippen LogP contribution in [-0.2, 0) is 4.79 Å². The molecule has 0 saturated carbocycles. The van der Waals surface area contributed by atoms with E-state index < -0.39 is 24.1 Å². The highest BCUT2D eigenvalue weighted by Gasteiger charge is 2.25. The van der Waals surface area contributed by atoms with Crippen molar-refractivity contribution in [3.63, 3.8) is 0 Å². The van der Waals surface area contributed by atoms with E-state index in [1.54, 1.807) is 18.5 Å². The molecule has 0 bridgehead atoms. The Hall–Kier alpha value is -1.54. The van der Waals surface area contributed by atoms with Gasteiger partial charge in [-0.1, -0.05) is 11.6 Å². The van der Waals surface area contributed by atoms with E-state index in [0.29, 0.717) is 10.8 Å². The van der Waals surface area contributed by atoms with Gasteiger partial charge in [-0.2, -0.15) is 5.10 Å². The lowest BCUT2D eigenvalue weighted by Gasteiger charge is -2.13. The summed E-state index contributed by atoms with van der Waals surface area (Å²) in [5.74, 6) is -0.400. The molecule has 1 N–H and O–H groups in total. The Bertz CT molecular complexity index is 614. The summed E-state index contributed by atoms with van der Waals surface area (Å²) in [4.78, 5) is 15.9. The molecule has 0 spiro atoms. The van der Waals surface area contributed by atoms with Crippen LogP contribution in [0, 0.1) is 6.92 Å². The smallest absolute Gasteiger partial charge is 0.283 e. The Labute approximate surface area is 122 Å². The SMILES string of the molecule is Cc1c(Cl)c(C(F)F)nn1[C@H](C)C(=O)Nc1nccs1. The summed E-state index contributed by atoms with van der Waals surface area (Å²) in [6, 6.07) is -0.774. The van der Waals surface area contributed by atoms with Crippen molar-refractivity contribution in [2.75, 3.05) is 5.32 Å². The molecule has 20 heavy (non-hydrogen) atoms. The molecule has 1 atom stereocenters. The predicted molar refractivity (Wildman–Crippen MR) is 72.4 cm³/mol. The van der Waals surface area contributed by atoms with Gasteiger partial charge in [0.25, 0.3) is 12.3 Å². The van der Waals surface area contributed by atoms with Crippen LogP contribution < -0.4 is 5.32 Å². The Morgan fingerprint density at radius 2 is 2.25 bits per heavy atom. The fourth-order valence-corrected chi connectivity index (χ4v) is 2.38. The molecule has 108 valence electrons. The summed E-state index contributed by atoms with van der Waals surface area (Å²) in [6.45, 7) is 3.09. The van der Waals surface area contributed by atoms with Crippen molar-refractivity contribution in [1.29, 1.82) is 0 Å². The molecule has 0 saturated heterocycles. The number of carbonyl (C=O) groups excluding carboxylic acids is 1. The number of amides is 1. The summed E-state index contributed by atoms with van der Waals surface area (Å²) >= 11 is 7.06. The minimum Gasteiger partial charge on any atom is -0.300 e. The minimum absolute atomic E-state index is 0.117. The molecule has 2 aromatic rings. The Morgan fingerprint density at radius 3 is 2.75 bits per heavy atom. The zero-order chi connectivity index (χ0) is 14.9. The third-order valence-corrected chi connectivity index (χ3v) is 3.87. The van der Waals surface area contributed by atoms with Gasteiger partial charge in [-0.15, -0.1) is 11.3 Å². The van der Waals surface area contributed by atoms with Crippen molar-refractivity contribution in [1.82, 2.24) is 14.8 Å². The first-order valence-electron chi connectivity index (χ1n) is 5.64. The highest BCUT2D eigenvalue weighted by molar-refractivity contribution is 7.13. The summed E-state index contributed by atoms with van der Waals surface area (Å²) in [5.41, 5.74) is -0.193. The number of halogens is 3. The maximum Gasteiger partial charge on any atom is 0.283 e. The second-order valence-corrected chi connectivity index (χ2v) is 5.30. The number of rotatable bonds is 4. The van der Waals surface area contributed by atoms with Crippen LogP contribution in [0.3, 0.4) is 0 Å². The molecule has 0 aliphatic carbocycles. The van der Waals surface area contributed by atoms with E-state index in [0.717, 1.165) is 0 Å². The van der Waals surface area contributed by atoms with Crippen LogP contribution in [0.2, 0.25) is 5.02 Å². The van der Waals surface area contributed by atoms with Crippen LogP contribution >= 0.6 is 22.9 Å². The number of hydrogen-bond donors (Lipinski definition) is 1. The molecule has 0 fully saturated rings. The average molecular weight is 321 g/mol. The zero-order valence-corrected chi connectivity index (χ0v) is 12.2. The van der Waals surface area contributed by atoms with Gasteiger partial charge in [-0.3, -0.25) is 9.48 Å². The number of nitrogens with zero attached hydrogens (tertiary/aromatic N) is 3. The van der Waals surface area contributed by atoms with Gasteiger partial charge in [0, 0.05) is 11.6 Å². The van der Waals surface area contributed by atoms with Crippen LogP contribution in [-0.4, -0.2) is 20.7 Å². The Morgan fingerprint density at radius 1 is 1.55 bits per heavy atom. The van der Waals surface area contributed by atoms with Crippen molar-refractivity contribution in [2.45, 2.75) is 26.3 Å². The van der Waals surface area contributed by atoms with Gasteiger partial charge in [0.1, 0.15) is 11.7 Å². The number of aromatic nitrogens is 3. The van der Waals surface area contributed by atoms with E-state index in [2.05, 4.69) is 15.4 Å². The lowest BCUT2D eigenvalue weighted by atomic mass is 10.3. The Kier molecular flexibility index (Phi) is 4.34. The molecular formula is C11H11ClF2N4OS. The lowest BCUT2D eigenvalue weighted by Crippen LogP contribution is -2.25. The van der Waals surface area contributed by atoms with Crippen molar-refractivity contribution in [2.24, 2.45) is 0 Å². The van der Waals surface area contributed by atoms with Gasteiger partial charge < -0.3 is 5.32 Å². The molecule has 2 aromatic heterocycles. The molecule has 1 amide bonds. The third-order valence-electron chi connectivity index (χ3n) is 2.72. The van der Waals surface area contributed by atoms with Gasteiger partial charge in [-0.25, -0.2) is 13.8 Å². The van der Waals surface area contributed by atoms with E-state index in [1.165, 1.54) is 22.9 Å². The fraction of sp³-hybridized carbons (Fsp3) is 0.364. The second-order valence-electron chi connectivity index (χ2n) is 4.03. The molecule has 0 unspecified atom stereocenters. The van der Waals surface area contributed by atoms with Crippen molar-refractivity contribution in [3.05, 3.63) is 28.0 Å². The highest BCUT2D eigenvalue weighted by Crippen LogP contribution is 2.30. The molecule has 0 aliphatic rings. The van der Waals surface area contributed by atoms with Crippen LogP contribution in [0.1, 0.15) is 30.8 Å². The number of anilines is 1. The quantitative estimate of drug-likeness (QED) is 0.938. The lowest BCUT2D eigenvalue weighted by molar-refractivity contribution is -0.119. The van der Waals surface area contributed by atoms with Gasteiger partial charge in [0.05, 0.1) is 10.7 Å². The van der Waals surface area contributed by atoms with Crippen LogP contribution in [0.15, 0.2) is 11.6 Å². The highest BCUT2D eigenvalue weighted by atomic mass is 35.5. The van der Waals surface area contributed by atoms with Gasteiger partial charge in [0.15, 0.2) is 5.13 Å². The summed E-state index contributed by atoms with van der Waals surface area (Å²) in [5, 5.41) is 8.33. The molecule has 2 heterocycles. The fourth-order valence-electron chi connectivity index (χ4n) is 1.64. The second kappa shape index (κ2) is 5.84. The monoisotopic (exact) mass is 320 g/mol. The van der Waals surface area contributed by atoms with Gasteiger partial charge in [-0.05, 0) is 13.8 Å². The minimum atomic E-state index is -2.78. The van der Waals surface area contributed by atoms with Gasteiger partial charge >= 0.3 is 0 Å². The maximum atomic E-state index is 12.7. The summed E-state index contributed by atoms with van der Waals surface area (Å²) in [6.07, 6.45) is -1.23. The first-order chi connectivity index (χ1) is 9.41. The standard InChI is InChI=1S/C11H11ClF2N4OS/c1-5-7(12)8(9(13)14)17-18(5)6(2)10(19)16-11-15-3-4-20-11/h3-4,6,9H,1-2H3,(H,15,16,19)/t6-/m1/s1. The number of alkyl halides is 2. The molecule has 0 aliphatic heterocycles. The van der Waals surface area contributed by atoms with E-state index in [9.17, 15) is 13.6 Å².